The highest BCUT2D eigenvalue weighted by Crippen LogP contribution is 2.26. The number of carbonyl (C=O) groups excluding carboxylic acids is 2. The van der Waals surface area contributed by atoms with E-state index < -0.39 is 5.92 Å². The van der Waals surface area contributed by atoms with E-state index in [0.29, 0.717) is 28.9 Å². The second-order valence-electron chi connectivity index (χ2n) is 7.60. The quantitative estimate of drug-likeness (QED) is 0.378. The van der Waals surface area contributed by atoms with Gasteiger partial charge in [-0.1, -0.05) is 47.5 Å². The first kappa shape index (κ1) is 22.8. The molecule has 1 atom stereocenters. The highest BCUT2D eigenvalue weighted by atomic mass is 35.5. The molecule has 0 saturated carbocycles. The van der Waals surface area contributed by atoms with Crippen LogP contribution in [-0.4, -0.2) is 24.6 Å². The van der Waals surface area contributed by atoms with Crippen molar-refractivity contribution in [2.24, 2.45) is 11.0 Å². The van der Waals surface area contributed by atoms with E-state index in [4.69, 9.17) is 27.9 Å². The van der Waals surface area contributed by atoms with Crippen LogP contribution in [-0.2, 0) is 16.2 Å². The molecule has 1 aliphatic rings. The summed E-state index contributed by atoms with van der Waals surface area (Å²) in [5.74, 6) is -0.196. The Bertz CT molecular complexity index is 1160. The van der Waals surface area contributed by atoms with Crippen molar-refractivity contribution in [3.8, 4) is 5.75 Å². The van der Waals surface area contributed by atoms with Gasteiger partial charge in [0, 0.05) is 28.7 Å². The predicted molar refractivity (Wildman–Crippen MR) is 130 cm³/mol. The Morgan fingerprint density at radius 1 is 1.06 bits per heavy atom. The summed E-state index contributed by atoms with van der Waals surface area (Å²) < 4.78 is 5.81. The lowest BCUT2D eigenvalue weighted by Gasteiger charge is -2.16. The third-order valence-electron chi connectivity index (χ3n) is 5.20. The zero-order chi connectivity index (χ0) is 23.2. The van der Waals surface area contributed by atoms with Crippen molar-refractivity contribution < 1.29 is 14.3 Å². The second-order valence-corrected chi connectivity index (χ2v) is 8.48. The average molecular weight is 482 g/mol. The number of hydrogen-bond acceptors (Lipinski definition) is 4. The van der Waals surface area contributed by atoms with Crippen LogP contribution in [0.15, 0.2) is 77.9 Å². The van der Waals surface area contributed by atoms with Gasteiger partial charge in [0.1, 0.15) is 12.4 Å². The fourth-order valence-electron chi connectivity index (χ4n) is 3.45. The summed E-state index contributed by atoms with van der Waals surface area (Å²) >= 11 is 11.8. The second kappa shape index (κ2) is 10.5. The van der Waals surface area contributed by atoms with Gasteiger partial charge in [0.25, 0.3) is 0 Å². The van der Waals surface area contributed by atoms with Crippen LogP contribution in [0.3, 0.4) is 0 Å². The van der Waals surface area contributed by atoms with Gasteiger partial charge in [-0.05, 0) is 59.7 Å². The van der Waals surface area contributed by atoms with E-state index in [9.17, 15) is 9.59 Å². The molecule has 1 heterocycles. The zero-order valence-corrected chi connectivity index (χ0v) is 19.1. The maximum atomic E-state index is 12.5. The van der Waals surface area contributed by atoms with Crippen LogP contribution in [0.25, 0.3) is 0 Å². The Morgan fingerprint density at radius 2 is 1.76 bits per heavy atom. The van der Waals surface area contributed by atoms with Gasteiger partial charge in [-0.3, -0.25) is 9.59 Å². The normalized spacial score (nSPS) is 15.8. The predicted octanol–water partition coefficient (Wildman–Crippen LogP) is 5.08. The van der Waals surface area contributed by atoms with Crippen molar-refractivity contribution in [2.45, 2.75) is 13.0 Å². The molecule has 0 spiro atoms. The lowest BCUT2D eigenvalue weighted by molar-refractivity contribution is -0.126. The molecule has 1 aliphatic heterocycles. The topological polar surface area (TPSA) is 71.0 Å². The number of anilines is 1. The summed E-state index contributed by atoms with van der Waals surface area (Å²) in [4.78, 5) is 26.4. The molecule has 4 rings (SSSR count). The standard InChI is InChI=1S/C25H21Cl2N3O3/c26-20-6-4-17(5-7-20)16-33-23-3-1-2-18(12-23)14-28-29-25(32)19-13-24(31)30(15-19)22-10-8-21(27)9-11-22/h1-12,14,19H,13,15-16H2,(H,29,32)/b28-14-/t19-/m1/s1. The van der Waals surface area contributed by atoms with Gasteiger partial charge in [0.15, 0.2) is 0 Å². The molecule has 1 fully saturated rings. The summed E-state index contributed by atoms with van der Waals surface area (Å²) in [7, 11) is 0. The first-order valence-electron chi connectivity index (χ1n) is 10.3. The number of hydrogen-bond donors (Lipinski definition) is 1. The number of halogens is 2. The Balaban J connectivity index is 1.30. The molecule has 33 heavy (non-hydrogen) atoms. The first-order valence-corrected chi connectivity index (χ1v) is 11.1. The molecule has 8 heteroatoms. The van der Waals surface area contributed by atoms with Crippen molar-refractivity contribution in [3.63, 3.8) is 0 Å². The van der Waals surface area contributed by atoms with Crippen molar-refractivity contribution in [2.75, 3.05) is 11.4 Å². The minimum Gasteiger partial charge on any atom is -0.489 e. The Labute approximate surface area is 201 Å². The number of nitrogens with zero attached hydrogens (tertiary/aromatic N) is 2. The largest absolute Gasteiger partial charge is 0.489 e. The number of carbonyl (C=O) groups is 2. The fraction of sp³-hybridized carbons (Fsp3) is 0.160. The van der Waals surface area contributed by atoms with Crippen LogP contribution in [0.1, 0.15) is 17.5 Å². The van der Waals surface area contributed by atoms with Crippen molar-refractivity contribution in [3.05, 3.63) is 94.0 Å². The van der Waals surface area contributed by atoms with E-state index >= 15 is 0 Å². The smallest absolute Gasteiger partial charge is 0.245 e. The SMILES string of the molecule is O=C(N/N=C\c1cccc(OCc2ccc(Cl)cc2)c1)[C@@H]1CC(=O)N(c2ccc(Cl)cc2)C1. The monoisotopic (exact) mass is 481 g/mol. The molecule has 0 unspecified atom stereocenters. The molecule has 1 N–H and O–H groups in total. The molecule has 0 aromatic heterocycles. The van der Waals surface area contributed by atoms with E-state index in [-0.39, 0.29) is 18.2 Å². The first-order chi connectivity index (χ1) is 16.0. The van der Waals surface area contributed by atoms with Crippen molar-refractivity contribution >= 4 is 46.9 Å². The Hall–Kier alpha value is -3.35. The minimum absolute atomic E-state index is 0.105. The van der Waals surface area contributed by atoms with E-state index in [0.717, 1.165) is 16.8 Å². The van der Waals surface area contributed by atoms with Gasteiger partial charge in [-0.15, -0.1) is 0 Å². The molecular formula is C25H21Cl2N3O3. The summed E-state index contributed by atoms with van der Waals surface area (Å²) in [5.41, 5.74) is 5.03. The van der Waals surface area contributed by atoms with E-state index in [1.807, 2.05) is 48.5 Å². The number of benzene rings is 3. The van der Waals surface area contributed by atoms with E-state index in [1.54, 1.807) is 35.4 Å². The van der Waals surface area contributed by atoms with E-state index in [1.165, 1.54) is 0 Å². The average Bonchev–Trinajstić information content (AvgIpc) is 3.21. The lowest BCUT2D eigenvalue weighted by atomic mass is 10.1. The zero-order valence-electron chi connectivity index (χ0n) is 17.6. The van der Waals surface area contributed by atoms with Gasteiger partial charge >= 0.3 is 0 Å². The van der Waals surface area contributed by atoms with Gasteiger partial charge in [0.2, 0.25) is 11.8 Å². The van der Waals surface area contributed by atoms with Gasteiger partial charge < -0.3 is 9.64 Å². The third kappa shape index (κ3) is 6.12. The maximum absolute atomic E-state index is 12.5. The van der Waals surface area contributed by atoms with Gasteiger partial charge in [0.05, 0.1) is 12.1 Å². The van der Waals surface area contributed by atoms with Gasteiger partial charge in [-0.2, -0.15) is 5.10 Å². The summed E-state index contributed by atoms with van der Waals surface area (Å²) in [6, 6.07) is 21.8. The van der Waals surface area contributed by atoms with Crippen LogP contribution in [0, 0.1) is 5.92 Å². The number of amides is 2. The molecule has 0 radical (unpaired) electrons. The van der Waals surface area contributed by atoms with Crippen LogP contribution in [0.4, 0.5) is 5.69 Å². The fourth-order valence-corrected chi connectivity index (χ4v) is 3.70. The number of rotatable bonds is 7. The number of hydrazone groups is 1. The molecule has 0 aliphatic carbocycles. The summed E-state index contributed by atoms with van der Waals surface area (Å²) in [6.45, 7) is 0.712. The van der Waals surface area contributed by atoms with Crippen LogP contribution in [0.2, 0.25) is 10.0 Å². The molecule has 3 aromatic carbocycles. The van der Waals surface area contributed by atoms with Gasteiger partial charge in [-0.25, -0.2) is 5.43 Å². The molecule has 1 saturated heterocycles. The third-order valence-corrected chi connectivity index (χ3v) is 5.70. The maximum Gasteiger partial charge on any atom is 0.245 e. The Morgan fingerprint density at radius 3 is 2.48 bits per heavy atom. The number of nitrogens with one attached hydrogen (secondary N) is 1. The van der Waals surface area contributed by atoms with Crippen molar-refractivity contribution in [1.82, 2.24) is 5.43 Å². The lowest BCUT2D eigenvalue weighted by Crippen LogP contribution is -2.30. The van der Waals surface area contributed by atoms with Crippen molar-refractivity contribution in [1.29, 1.82) is 0 Å². The molecule has 2 amide bonds. The Kier molecular flexibility index (Phi) is 7.27. The molecular weight excluding hydrogens is 461 g/mol. The van der Waals surface area contributed by atoms with Crippen LogP contribution >= 0.6 is 23.2 Å². The van der Waals surface area contributed by atoms with E-state index in [2.05, 4.69) is 10.5 Å². The van der Waals surface area contributed by atoms with Crippen LogP contribution < -0.4 is 15.1 Å². The molecule has 168 valence electrons. The minimum atomic E-state index is -0.473. The highest BCUT2D eigenvalue weighted by Gasteiger charge is 2.35. The molecule has 0 bridgehead atoms. The molecule has 3 aromatic rings. The summed E-state index contributed by atoms with van der Waals surface area (Å²) in [6.07, 6.45) is 1.68. The molecule has 6 nitrogen and oxygen atoms in total. The summed E-state index contributed by atoms with van der Waals surface area (Å²) in [5, 5.41) is 5.32. The number of ether oxygens (including phenoxy) is 1. The van der Waals surface area contributed by atoms with Crippen LogP contribution in [0.5, 0.6) is 5.75 Å². The highest BCUT2D eigenvalue weighted by molar-refractivity contribution is 6.30.